The minimum absolute atomic E-state index is 0. The molecule has 10 heteroatoms. The van der Waals surface area contributed by atoms with E-state index in [1.165, 1.54) is 24.3 Å². The van der Waals surface area contributed by atoms with Crippen molar-refractivity contribution in [3.63, 3.8) is 0 Å². The summed E-state index contributed by atoms with van der Waals surface area (Å²) < 4.78 is 32.1. The van der Waals surface area contributed by atoms with Gasteiger partial charge in [0.15, 0.2) is 5.78 Å². The molecule has 3 rings (SSSR count). The van der Waals surface area contributed by atoms with Crippen LogP contribution in [0, 0.1) is 10.1 Å². The molecule has 0 spiro atoms. The molecule has 0 atom stereocenters. The Hall–Kier alpha value is -1.27. The molecule has 0 aromatic heterocycles. The minimum atomic E-state index is -4.74. The topological polar surface area (TPSA) is 132 Å². The summed E-state index contributed by atoms with van der Waals surface area (Å²) in [6.07, 6.45) is 0. The van der Waals surface area contributed by atoms with Crippen molar-refractivity contribution >= 4 is 78.8 Å². The molecular weight excluding hydrogens is 365 g/mol. The van der Waals surface area contributed by atoms with Crippen LogP contribution in [-0.4, -0.2) is 80.8 Å². The molecule has 0 aliphatic heterocycles. The summed E-state index contributed by atoms with van der Waals surface area (Å²) in [5, 5.41) is 11.1. The standard InChI is InChI=1S/C14H7NO7S.K/c16-13-8-4-2-6-10(23(20,21)22)12(8)14(17)7-3-1-5-9(11(7)13)15(18)19;/h1-6H,(H,20,21,22);. The van der Waals surface area contributed by atoms with Gasteiger partial charge < -0.3 is 0 Å². The number of hydrogen-bond acceptors (Lipinski definition) is 6. The number of ketones is 2. The molecule has 0 amide bonds. The number of nitro groups is 1. The predicted molar refractivity (Wildman–Crippen MR) is 82.0 cm³/mol. The summed E-state index contributed by atoms with van der Waals surface area (Å²) >= 11 is 0. The van der Waals surface area contributed by atoms with Gasteiger partial charge in [0.1, 0.15) is 10.5 Å². The SMILES string of the molecule is O=C1c2cccc(S(=O)(=O)O)c2C(=O)c2cccc([N+](=O)[O-])c21.[K]. The molecule has 2 aromatic rings. The van der Waals surface area contributed by atoms with E-state index in [1.807, 2.05) is 0 Å². The first kappa shape index (κ1) is 19.1. The maximum Gasteiger partial charge on any atom is 0.295 e. The van der Waals surface area contributed by atoms with Gasteiger partial charge >= 0.3 is 0 Å². The Labute approximate surface area is 178 Å². The maximum absolute atomic E-state index is 12.5. The van der Waals surface area contributed by atoms with Gasteiger partial charge in [-0.3, -0.25) is 24.3 Å². The number of carbonyl (C=O) groups excluding carboxylic acids is 2. The van der Waals surface area contributed by atoms with Crippen LogP contribution in [-0.2, 0) is 10.1 Å². The van der Waals surface area contributed by atoms with Crippen LogP contribution in [0.15, 0.2) is 41.3 Å². The number of hydrogen-bond donors (Lipinski definition) is 1. The summed E-state index contributed by atoms with van der Waals surface area (Å²) in [6, 6.07) is 6.86. The van der Waals surface area contributed by atoms with Gasteiger partial charge in [-0.2, -0.15) is 8.42 Å². The van der Waals surface area contributed by atoms with E-state index >= 15 is 0 Å². The minimum Gasteiger partial charge on any atom is -0.289 e. The third-order valence-corrected chi connectivity index (χ3v) is 4.38. The van der Waals surface area contributed by atoms with E-state index in [0.717, 1.165) is 12.1 Å². The smallest absolute Gasteiger partial charge is 0.289 e. The van der Waals surface area contributed by atoms with E-state index in [2.05, 4.69) is 0 Å². The second-order valence-electron chi connectivity index (χ2n) is 4.77. The van der Waals surface area contributed by atoms with Crippen LogP contribution >= 0.6 is 0 Å². The van der Waals surface area contributed by atoms with E-state index in [9.17, 15) is 32.7 Å². The fourth-order valence-corrected chi connectivity index (χ4v) is 3.27. The summed E-state index contributed by atoms with van der Waals surface area (Å²) in [6.45, 7) is 0. The number of nitro benzene ring substituents is 1. The molecule has 8 nitrogen and oxygen atoms in total. The summed E-state index contributed by atoms with van der Waals surface area (Å²) in [5.41, 5.74) is -1.97. The molecule has 1 radical (unpaired) electrons. The average Bonchev–Trinajstić information content (AvgIpc) is 2.50. The Morgan fingerprint density at radius 3 is 1.96 bits per heavy atom. The molecule has 24 heavy (non-hydrogen) atoms. The molecular formula is C14H7KNO7S. The molecule has 1 aliphatic carbocycles. The maximum atomic E-state index is 12.5. The van der Waals surface area contributed by atoms with Gasteiger partial charge in [0, 0.05) is 68.6 Å². The zero-order chi connectivity index (χ0) is 16.9. The molecule has 1 N–H and O–H groups in total. The van der Waals surface area contributed by atoms with Crippen molar-refractivity contribution in [3.8, 4) is 0 Å². The van der Waals surface area contributed by atoms with E-state index < -0.39 is 42.8 Å². The first-order valence-electron chi connectivity index (χ1n) is 6.21. The van der Waals surface area contributed by atoms with Crippen molar-refractivity contribution < 1.29 is 27.5 Å². The van der Waals surface area contributed by atoms with Gasteiger partial charge in [0.2, 0.25) is 5.78 Å². The van der Waals surface area contributed by atoms with E-state index in [4.69, 9.17) is 0 Å². The molecule has 1 aliphatic rings. The molecule has 0 heterocycles. The first-order valence-corrected chi connectivity index (χ1v) is 7.65. The van der Waals surface area contributed by atoms with Crippen molar-refractivity contribution in [1.82, 2.24) is 0 Å². The van der Waals surface area contributed by atoms with Crippen LogP contribution in [0.25, 0.3) is 0 Å². The van der Waals surface area contributed by atoms with Crippen LogP contribution in [0.5, 0.6) is 0 Å². The van der Waals surface area contributed by atoms with Crippen LogP contribution in [0.2, 0.25) is 0 Å². The first-order chi connectivity index (χ1) is 10.7. The van der Waals surface area contributed by atoms with Gasteiger partial charge in [-0.1, -0.05) is 18.2 Å². The van der Waals surface area contributed by atoms with E-state index in [1.54, 1.807) is 0 Å². The zero-order valence-corrected chi connectivity index (χ0v) is 16.2. The Bertz CT molecular complexity index is 1010. The number of carbonyl (C=O) groups is 2. The van der Waals surface area contributed by atoms with Gasteiger partial charge in [-0.25, -0.2) is 0 Å². The quantitative estimate of drug-likeness (QED) is 0.310. The monoisotopic (exact) mass is 372 g/mol. The number of rotatable bonds is 2. The summed E-state index contributed by atoms with van der Waals surface area (Å²) in [7, 11) is -4.74. The van der Waals surface area contributed by atoms with Crippen molar-refractivity contribution in [2.45, 2.75) is 4.90 Å². The van der Waals surface area contributed by atoms with Crippen LogP contribution in [0.4, 0.5) is 5.69 Å². The molecule has 2 aromatic carbocycles. The third kappa shape index (κ3) is 2.90. The molecule has 0 saturated heterocycles. The number of fused-ring (bicyclic) bond motifs is 2. The molecule has 0 unspecified atom stereocenters. The van der Waals surface area contributed by atoms with E-state index in [-0.39, 0.29) is 68.1 Å². The number of benzene rings is 2. The largest absolute Gasteiger partial charge is 0.295 e. The van der Waals surface area contributed by atoms with Crippen LogP contribution < -0.4 is 0 Å². The Kier molecular flexibility index (Phi) is 5.21. The molecule has 117 valence electrons. The van der Waals surface area contributed by atoms with Gasteiger partial charge in [0.05, 0.1) is 10.5 Å². The van der Waals surface area contributed by atoms with Gasteiger partial charge in [-0.05, 0) is 12.1 Å². The van der Waals surface area contributed by atoms with E-state index in [0.29, 0.717) is 0 Å². The van der Waals surface area contributed by atoms with Crippen LogP contribution in [0.1, 0.15) is 31.8 Å². The Morgan fingerprint density at radius 2 is 1.42 bits per heavy atom. The molecule has 0 saturated carbocycles. The predicted octanol–water partition coefficient (Wildman–Crippen LogP) is 1.24. The second-order valence-corrected chi connectivity index (χ2v) is 6.16. The second kappa shape index (κ2) is 6.56. The zero-order valence-electron chi connectivity index (χ0n) is 12.2. The van der Waals surface area contributed by atoms with Crippen molar-refractivity contribution in [2.24, 2.45) is 0 Å². The van der Waals surface area contributed by atoms with Crippen LogP contribution in [0.3, 0.4) is 0 Å². The van der Waals surface area contributed by atoms with Crippen molar-refractivity contribution in [1.29, 1.82) is 0 Å². The molecule has 0 bridgehead atoms. The fourth-order valence-electron chi connectivity index (χ4n) is 2.56. The van der Waals surface area contributed by atoms with Gasteiger partial charge in [-0.15, -0.1) is 0 Å². The van der Waals surface area contributed by atoms with Crippen molar-refractivity contribution in [2.75, 3.05) is 0 Å². The Morgan fingerprint density at radius 1 is 0.917 bits per heavy atom. The summed E-state index contributed by atoms with van der Waals surface area (Å²) in [4.78, 5) is 34.6. The normalized spacial score (nSPS) is 12.9. The fraction of sp³-hybridized carbons (Fsp3) is 0. The number of nitrogens with zero attached hydrogens (tertiary/aromatic N) is 1. The van der Waals surface area contributed by atoms with Gasteiger partial charge in [0.25, 0.3) is 15.8 Å². The Balaban J connectivity index is 0.00000208. The molecule has 0 fully saturated rings. The average molecular weight is 372 g/mol. The third-order valence-electron chi connectivity index (χ3n) is 3.49. The van der Waals surface area contributed by atoms with Crippen molar-refractivity contribution in [3.05, 3.63) is 68.8 Å². The summed E-state index contributed by atoms with van der Waals surface area (Å²) in [5.74, 6) is -1.71.